The highest BCUT2D eigenvalue weighted by Crippen LogP contribution is 2.38. The molecule has 1 amide bonds. The van der Waals surface area contributed by atoms with E-state index >= 15 is 0 Å². The second-order valence-corrected chi connectivity index (χ2v) is 8.39. The number of hydrogen-bond acceptors (Lipinski definition) is 5. The van der Waals surface area contributed by atoms with Gasteiger partial charge in [0.15, 0.2) is 11.5 Å². The number of methoxy groups -OCH3 is 1. The van der Waals surface area contributed by atoms with E-state index in [-0.39, 0.29) is 12.2 Å². The molecule has 0 saturated heterocycles. The van der Waals surface area contributed by atoms with Gasteiger partial charge in [0.1, 0.15) is 18.2 Å². The third kappa shape index (κ3) is 5.83. The van der Waals surface area contributed by atoms with Gasteiger partial charge in [-0.05, 0) is 76.8 Å². The molecule has 170 valence electrons. The number of aryl methyl sites for hydroxylation is 2. The molecule has 0 aromatic heterocycles. The van der Waals surface area contributed by atoms with Crippen LogP contribution < -0.4 is 14.8 Å². The predicted molar refractivity (Wildman–Crippen MR) is 134 cm³/mol. The van der Waals surface area contributed by atoms with Crippen molar-refractivity contribution in [3.8, 4) is 23.6 Å². The van der Waals surface area contributed by atoms with Crippen LogP contribution in [0.2, 0.25) is 0 Å². The van der Waals surface area contributed by atoms with Crippen molar-refractivity contribution in [3.05, 3.63) is 92.5 Å². The van der Waals surface area contributed by atoms with E-state index in [1.165, 1.54) is 13.2 Å². The van der Waals surface area contributed by atoms with Crippen molar-refractivity contribution in [2.45, 2.75) is 20.5 Å². The maximum atomic E-state index is 12.7. The molecule has 0 spiro atoms. The van der Waals surface area contributed by atoms with E-state index < -0.39 is 5.91 Å². The average Bonchev–Trinajstić information content (AvgIpc) is 2.83. The molecule has 0 aliphatic carbocycles. The lowest BCUT2D eigenvalue weighted by molar-refractivity contribution is -0.112. The molecule has 0 unspecified atom stereocenters. The highest BCUT2D eigenvalue weighted by Gasteiger charge is 2.15. The lowest BCUT2D eigenvalue weighted by Gasteiger charge is -2.14. The standard InChI is InChI=1S/C27H22BrN3O3/c1-17-8-9-18(2)24(10-17)31-27(32)22(15-30)11-19-12-23(28)26(25(13-19)33-3)34-16-21-7-5-4-6-20(21)14-29/h4-13H,16H2,1-3H3,(H,31,32)/b22-11+. The summed E-state index contributed by atoms with van der Waals surface area (Å²) < 4.78 is 12.0. The van der Waals surface area contributed by atoms with Crippen LogP contribution in [-0.2, 0) is 11.4 Å². The highest BCUT2D eigenvalue weighted by molar-refractivity contribution is 9.10. The van der Waals surface area contributed by atoms with E-state index in [0.29, 0.717) is 32.8 Å². The second kappa shape index (κ2) is 11.2. The molecular formula is C27H22BrN3O3. The number of ether oxygens (including phenoxy) is 2. The van der Waals surface area contributed by atoms with Crippen LogP contribution in [0.25, 0.3) is 6.08 Å². The number of anilines is 1. The first-order valence-electron chi connectivity index (χ1n) is 10.3. The fourth-order valence-corrected chi connectivity index (χ4v) is 3.82. The summed E-state index contributed by atoms with van der Waals surface area (Å²) in [5, 5.41) is 21.7. The summed E-state index contributed by atoms with van der Waals surface area (Å²) in [5.74, 6) is 0.368. The van der Waals surface area contributed by atoms with Crippen LogP contribution in [0.5, 0.6) is 11.5 Å². The van der Waals surface area contributed by atoms with Crippen LogP contribution in [0.3, 0.4) is 0 Å². The number of halogens is 1. The maximum Gasteiger partial charge on any atom is 0.266 e. The Kier molecular flexibility index (Phi) is 8.08. The quantitative estimate of drug-likeness (QED) is 0.304. The van der Waals surface area contributed by atoms with Crippen LogP contribution in [0.15, 0.2) is 64.6 Å². The molecular weight excluding hydrogens is 494 g/mol. The minimum absolute atomic E-state index is 0.0496. The molecule has 0 aliphatic rings. The Morgan fingerprint density at radius 2 is 1.88 bits per heavy atom. The summed E-state index contributed by atoms with van der Waals surface area (Å²) in [4.78, 5) is 12.7. The number of hydrogen-bond donors (Lipinski definition) is 1. The van der Waals surface area contributed by atoms with E-state index in [2.05, 4.69) is 27.3 Å². The van der Waals surface area contributed by atoms with Gasteiger partial charge >= 0.3 is 0 Å². The second-order valence-electron chi connectivity index (χ2n) is 7.53. The summed E-state index contributed by atoms with van der Waals surface area (Å²) in [7, 11) is 1.50. The van der Waals surface area contributed by atoms with Crippen molar-refractivity contribution in [3.63, 3.8) is 0 Å². The third-order valence-corrected chi connectivity index (χ3v) is 5.67. The predicted octanol–water partition coefficient (Wildman–Crippen LogP) is 6.07. The maximum absolute atomic E-state index is 12.7. The lowest BCUT2D eigenvalue weighted by atomic mass is 10.1. The number of nitriles is 2. The number of amides is 1. The Balaban J connectivity index is 1.85. The topological polar surface area (TPSA) is 95.1 Å². The monoisotopic (exact) mass is 515 g/mol. The van der Waals surface area contributed by atoms with Crippen molar-refractivity contribution >= 4 is 33.6 Å². The van der Waals surface area contributed by atoms with E-state index in [0.717, 1.165) is 16.7 Å². The zero-order valence-electron chi connectivity index (χ0n) is 19.0. The van der Waals surface area contributed by atoms with Gasteiger partial charge in [-0.1, -0.05) is 30.3 Å². The van der Waals surface area contributed by atoms with Gasteiger partial charge in [-0.15, -0.1) is 0 Å². The molecule has 1 N–H and O–H groups in total. The molecule has 0 atom stereocenters. The van der Waals surface area contributed by atoms with Crippen molar-refractivity contribution in [2.24, 2.45) is 0 Å². The molecule has 3 aromatic rings. The summed E-state index contributed by atoms with van der Waals surface area (Å²) in [6.45, 7) is 4.00. The van der Waals surface area contributed by atoms with Gasteiger partial charge in [0.2, 0.25) is 0 Å². The summed E-state index contributed by atoms with van der Waals surface area (Å²) >= 11 is 3.49. The summed E-state index contributed by atoms with van der Waals surface area (Å²) in [6.07, 6.45) is 1.49. The van der Waals surface area contributed by atoms with Crippen LogP contribution >= 0.6 is 15.9 Å². The first kappa shape index (κ1) is 24.6. The molecule has 0 bridgehead atoms. The van der Waals surface area contributed by atoms with Crippen molar-refractivity contribution in [1.29, 1.82) is 10.5 Å². The van der Waals surface area contributed by atoms with E-state index in [1.54, 1.807) is 24.3 Å². The smallest absolute Gasteiger partial charge is 0.266 e. The number of rotatable bonds is 7. The minimum atomic E-state index is -0.500. The van der Waals surface area contributed by atoms with Gasteiger partial charge in [-0.3, -0.25) is 4.79 Å². The molecule has 6 nitrogen and oxygen atoms in total. The molecule has 3 aromatic carbocycles. The highest BCUT2D eigenvalue weighted by atomic mass is 79.9. The summed E-state index contributed by atoms with van der Waals surface area (Å²) in [5.41, 5.74) is 4.38. The number of carbonyl (C=O) groups excluding carboxylic acids is 1. The first-order chi connectivity index (χ1) is 16.4. The van der Waals surface area contributed by atoms with Crippen LogP contribution in [-0.4, -0.2) is 13.0 Å². The number of benzene rings is 3. The Labute approximate surface area is 207 Å². The minimum Gasteiger partial charge on any atom is -0.493 e. The van der Waals surface area contributed by atoms with E-state index in [9.17, 15) is 15.3 Å². The largest absolute Gasteiger partial charge is 0.493 e. The Bertz CT molecular complexity index is 1350. The number of nitrogens with one attached hydrogen (secondary N) is 1. The van der Waals surface area contributed by atoms with Crippen LogP contribution in [0.1, 0.15) is 27.8 Å². The fraction of sp³-hybridized carbons (Fsp3) is 0.148. The van der Waals surface area contributed by atoms with E-state index in [1.807, 2.05) is 50.2 Å². The van der Waals surface area contributed by atoms with Gasteiger partial charge in [0, 0.05) is 11.3 Å². The molecule has 0 radical (unpaired) electrons. The van der Waals surface area contributed by atoms with Gasteiger partial charge in [-0.2, -0.15) is 10.5 Å². The van der Waals surface area contributed by atoms with Crippen LogP contribution in [0, 0.1) is 36.5 Å². The molecule has 3 rings (SSSR count). The van der Waals surface area contributed by atoms with Gasteiger partial charge in [0.25, 0.3) is 5.91 Å². The van der Waals surface area contributed by atoms with Crippen molar-refractivity contribution in [1.82, 2.24) is 0 Å². The normalized spacial score (nSPS) is 10.7. The Morgan fingerprint density at radius 1 is 1.12 bits per heavy atom. The van der Waals surface area contributed by atoms with Crippen molar-refractivity contribution < 1.29 is 14.3 Å². The zero-order chi connectivity index (χ0) is 24.7. The number of nitrogens with zero attached hydrogens (tertiary/aromatic N) is 2. The Morgan fingerprint density at radius 3 is 2.59 bits per heavy atom. The van der Waals surface area contributed by atoms with Gasteiger partial charge < -0.3 is 14.8 Å². The third-order valence-electron chi connectivity index (χ3n) is 5.08. The molecule has 0 fully saturated rings. The average molecular weight is 516 g/mol. The molecule has 0 aliphatic heterocycles. The van der Waals surface area contributed by atoms with Gasteiger partial charge in [-0.25, -0.2) is 0 Å². The molecule has 0 saturated carbocycles. The lowest BCUT2D eigenvalue weighted by Crippen LogP contribution is -2.14. The molecule has 0 heterocycles. The zero-order valence-corrected chi connectivity index (χ0v) is 20.6. The van der Waals surface area contributed by atoms with Crippen LogP contribution in [0.4, 0.5) is 5.69 Å². The molecule has 7 heteroatoms. The SMILES string of the molecule is COc1cc(/C=C(\C#N)C(=O)Nc2cc(C)ccc2C)cc(Br)c1OCc1ccccc1C#N. The number of carbonyl (C=O) groups is 1. The van der Waals surface area contributed by atoms with E-state index in [4.69, 9.17) is 9.47 Å². The fourth-order valence-electron chi connectivity index (χ4n) is 3.24. The van der Waals surface area contributed by atoms with Crippen molar-refractivity contribution in [2.75, 3.05) is 12.4 Å². The summed E-state index contributed by atoms with van der Waals surface area (Å²) in [6, 6.07) is 20.4. The first-order valence-corrected chi connectivity index (χ1v) is 11.1. The Hall–Kier alpha value is -4.07. The molecule has 34 heavy (non-hydrogen) atoms. The van der Waals surface area contributed by atoms with Gasteiger partial charge in [0.05, 0.1) is 23.2 Å².